The highest BCUT2D eigenvalue weighted by molar-refractivity contribution is 6.34. The second-order valence-electron chi connectivity index (χ2n) is 3.06. The standard InChI is InChI=1S/C9H9ClN2O2/c10-6-2-1-3-7-9(6)12(5-11-7)4-8(13)14/h1-3,11H,4-5H2,(H,13,14). The highest BCUT2D eigenvalue weighted by atomic mass is 35.5. The van der Waals surface area contributed by atoms with Crippen molar-refractivity contribution in [1.82, 2.24) is 0 Å². The lowest BCUT2D eigenvalue weighted by Crippen LogP contribution is -2.29. The molecule has 0 aliphatic carbocycles. The average Bonchev–Trinajstić information content (AvgIpc) is 2.49. The zero-order valence-corrected chi connectivity index (χ0v) is 8.08. The second kappa shape index (κ2) is 3.38. The lowest BCUT2D eigenvalue weighted by atomic mass is 10.2. The summed E-state index contributed by atoms with van der Waals surface area (Å²) in [7, 11) is 0. The number of benzene rings is 1. The zero-order chi connectivity index (χ0) is 10.1. The van der Waals surface area contributed by atoms with Crippen LogP contribution in [0.4, 0.5) is 11.4 Å². The van der Waals surface area contributed by atoms with Crippen LogP contribution >= 0.6 is 11.6 Å². The minimum Gasteiger partial charge on any atom is -0.480 e. The van der Waals surface area contributed by atoms with E-state index in [0.717, 1.165) is 11.4 Å². The third-order valence-electron chi connectivity index (χ3n) is 2.09. The SMILES string of the molecule is O=C(O)CN1CNc2cccc(Cl)c21. The van der Waals surface area contributed by atoms with Gasteiger partial charge in [0.1, 0.15) is 6.54 Å². The van der Waals surface area contributed by atoms with E-state index >= 15 is 0 Å². The molecule has 1 aliphatic rings. The van der Waals surface area contributed by atoms with E-state index in [1.165, 1.54) is 0 Å². The molecule has 2 N–H and O–H groups in total. The van der Waals surface area contributed by atoms with Gasteiger partial charge in [-0.15, -0.1) is 0 Å². The Balaban J connectivity index is 2.33. The summed E-state index contributed by atoms with van der Waals surface area (Å²) in [5, 5.41) is 12.3. The number of hydrogen-bond acceptors (Lipinski definition) is 3. The lowest BCUT2D eigenvalue weighted by molar-refractivity contribution is -0.135. The molecule has 4 nitrogen and oxygen atoms in total. The van der Waals surface area contributed by atoms with E-state index < -0.39 is 5.97 Å². The summed E-state index contributed by atoms with van der Waals surface area (Å²) in [4.78, 5) is 12.3. The van der Waals surface area contributed by atoms with E-state index in [1.54, 1.807) is 11.0 Å². The van der Waals surface area contributed by atoms with Crippen molar-refractivity contribution in [2.75, 3.05) is 23.4 Å². The van der Waals surface area contributed by atoms with Crippen LogP contribution in [0.3, 0.4) is 0 Å². The monoisotopic (exact) mass is 212 g/mol. The quantitative estimate of drug-likeness (QED) is 0.782. The minimum absolute atomic E-state index is 0.0380. The van der Waals surface area contributed by atoms with E-state index in [9.17, 15) is 4.79 Å². The highest BCUT2D eigenvalue weighted by Crippen LogP contribution is 2.37. The van der Waals surface area contributed by atoms with Gasteiger partial charge in [0.25, 0.3) is 0 Å². The van der Waals surface area contributed by atoms with Crippen LogP contribution in [0.15, 0.2) is 18.2 Å². The third kappa shape index (κ3) is 1.48. The summed E-state index contributed by atoms with van der Waals surface area (Å²) in [6.07, 6.45) is 0. The molecule has 5 heteroatoms. The Kier molecular flexibility index (Phi) is 2.21. The van der Waals surface area contributed by atoms with Gasteiger partial charge in [-0.3, -0.25) is 4.79 Å². The number of nitrogens with one attached hydrogen (secondary N) is 1. The van der Waals surface area contributed by atoms with Gasteiger partial charge in [0.2, 0.25) is 0 Å². The van der Waals surface area contributed by atoms with Gasteiger partial charge < -0.3 is 15.3 Å². The van der Waals surface area contributed by atoms with E-state index in [4.69, 9.17) is 16.7 Å². The van der Waals surface area contributed by atoms with Gasteiger partial charge in [0.15, 0.2) is 0 Å². The number of hydrogen-bond donors (Lipinski definition) is 2. The summed E-state index contributed by atoms with van der Waals surface area (Å²) in [6.45, 7) is 0.453. The maximum atomic E-state index is 10.6. The van der Waals surface area contributed by atoms with Crippen LogP contribution in [-0.2, 0) is 4.79 Å². The lowest BCUT2D eigenvalue weighted by Gasteiger charge is -2.15. The summed E-state index contributed by atoms with van der Waals surface area (Å²) in [5.41, 5.74) is 1.66. The summed E-state index contributed by atoms with van der Waals surface area (Å²) in [6, 6.07) is 5.46. The van der Waals surface area contributed by atoms with Crippen LogP contribution in [0.1, 0.15) is 0 Å². The molecule has 0 saturated carbocycles. The molecule has 0 bridgehead atoms. The molecule has 0 aromatic heterocycles. The molecular formula is C9H9ClN2O2. The summed E-state index contributed by atoms with van der Waals surface area (Å²) in [5.74, 6) is -0.862. The average molecular weight is 213 g/mol. The normalized spacial score (nSPS) is 13.6. The largest absolute Gasteiger partial charge is 0.480 e. The van der Waals surface area contributed by atoms with Gasteiger partial charge >= 0.3 is 5.97 Å². The van der Waals surface area contributed by atoms with Crippen molar-refractivity contribution in [2.24, 2.45) is 0 Å². The number of fused-ring (bicyclic) bond motifs is 1. The molecule has 0 saturated heterocycles. The van der Waals surface area contributed by atoms with Crippen LogP contribution in [-0.4, -0.2) is 24.3 Å². The predicted octanol–water partition coefficient (Wildman–Crippen LogP) is 1.61. The number of carbonyl (C=O) groups is 1. The van der Waals surface area contributed by atoms with Crippen molar-refractivity contribution >= 4 is 28.9 Å². The van der Waals surface area contributed by atoms with Crippen LogP contribution in [0.2, 0.25) is 5.02 Å². The number of nitrogens with zero attached hydrogens (tertiary/aromatic N) is 1. The molecule has 0 radical (unpaired) electrons. The number of anilines is 2. The molecule has 1 aliphatic heterocycles. The van der Waals surface area contributed by atoms with Crippen molar-refractivity contribution in [3.63, 3.8) is 0 Å². The molecule has 0 atom stereocenters. The molecule has 0 fully saturated rings. The smallest absolute Gasteiger partial charge is 0.323 e. The molecule has 0 amide bonds. The Morgan fingerprint density at radius 3 is 3.14 bits per heavy atom. The molecule has 0 spiro atoms. The van der Waals surface area contributed by atoms with E-state index in [-0.39, 0.29) is 6.54 Å². The van der Waals surface area contributed by atoms with Crippen LogP contribution < -0.4 is 10.2 Å². The maximum Gasteiger partial charge on any atom is 0.323 e. The molecule has 74 valence electrons. The molecule has 14 heavy (non-hydrogen) atoms. The number of aliphatic carboxylic acids is 1. The second-order valence-corrected chi connectivity index (χ2v) is 3.47. The number of para-hydroxylation sites is 1. The van der Waals surface area contributed by atoms with Gasteiger partial charge in [0.05, 0.1) is 23.1 Å². The van der Waals surface area contributed by atoms with E-state index in [1.807, 2.05) is 12.1 Å². The first-order valence-electron chi connectivity index (χ1n) is 4.17. The van der Waals surface area contributed by atoms with Crippen molar-refractivity contribution in [2.45, 2.75) is 0 Å². The Bertz CT molecular complexity index is 381. The number of rotatable bonds is 2. The number of halogens is 1. The van der Waals surface area contributed by atoms with Crippen molar-refractivity contribution in [1.29, 1.82) is 0 Å². The van der Waals surface area contributed by atoms with Gasteiger partial charge in [-0.1, -0.05) is 17.7 Å². The fourth-order valence-electron chi connectivity index (χ4n) is 1.54. The van der Waals surface area contributed by atoms with E-state index in [2.05, 4.69) is 5.32 Å². The van der Waals surface area contributed by atoms with Crippen molar-refractivity contribution < 1.29 is 9.90 Å². The summed E-state index contributed by atoms with van der Waals surface area (Å²) < 4.78 is 0. The fourth-order valence-corrected chi connectivity index (χ4v) is 1.83. The molecule has 1 aromatic rings. The van der Waals surface area contributed by atoms with Gasteiger partial charge in [-0.05, 0) is 12.1 Å². The first-order valence-corrected chi connectivity index (χ1v) is 4.55. The molecule has 0 unspecified atom stereocenters. The summed E-state index contributed by atoms with van der Waals surface area (Å²) >= 11 is 5.97. The van der Waals surface area contributed by atoms with Crippen LogP contribution in [0.5, 0.6) is 0 Å². The third-order valence-corrected chi connectivity index (χ3v) is 2.39. The van der Waals surface area contributed by atoms with Crippen molar-refractivity contribution in [3.8, 4) is 0 Å². The Labute approximate surface area is 86.1 Å². The Morgan fingerprint density at radius 2 is 2.43 bits per heavy atom. The Hall–Kier alpha value is -1.42. The highest BCUT2D eigenvalue weighted by Gasteiger charge is 2.22. The Morgan fingerprint density at radius 1 is 1.64 bits per heavy atom. The topological polar surface area (TPSA) is 52.6 Å². The molecule has 2 rings (SSSR count). The molecule has 1 heterocycles. The molecule has 1 aromatic carbocycles. The number of carboxylic acid groups (broad SMARTS) is 1. The zero-order valence-electron chi connectivity index (χ0n) is 7.33. The van der Waals surface area contributed by atoms with Gasteiger partial charge in [-0.2, -0.15) is 0 Å². The number of carboxylic acids is 1. The first kappa shape index (κ1) is 9.15. The minimum atomic E-state index is -0.862. The van der Waals surface area contributed by atoms with Crippen LogP contribution in [0.25, 0.3) is 0 Å². The van der Waals surface area contributed by atoms with Gasteiger partial charge in [-0.25, -0.2) is 0 Å². The van der Waals surface area contributed by atoms with Gasteiger partial charge in [0, 0.05) is 0 Å². The fraction of sp³-hybridized carbons (Fsp3) is 0.222. The van der Waals surface area contributed by atoms with Crippen LogP contribution in [0, 0.1) is 0 Å². The maximum absolute atomic E-state index is 10.6. The van der Waals surface area contributed by atoms with E-state index in [0.29, 0.717) is 11.7 Å². The van der Waals surface area contributed by atoms with Crippen molar-refractivity contribution in [3.05, 3.63) is 23.2 Å². The molecular weight excluding hydrogens is 204 g/mol. The predicted molar refractivity (Wildman–Crippen MR) is 54.9 cm³/mol. The first-order chi connectivity index (χ1) is 6.68.